The van der Waals surface area contributed by atoms with Crippen molar-refractivity contribution in [2.75, 3.05) is 38.2 Å². The molecule has 22 heavy (non-hydrogen) atoms. The van der Waals surface area contributed by atoms with E-state index in [-0.39, 0.29) is 17.8 Å². The number of anilines is 1. The summed E-state index contributed by atoms with van der Waals surface area (Å²) in [5, 5.41) is 7.41. The van der Waals surface area contributed by atoms with Crippen LogP contribution in [0.5, 0.6) is 0 Å². The first-order valence-corrected chi connectivity index (χ1v) is 8.05. The van der Waals surface area contributed by atoms with Crippen molar-refractivity contribution < 1.29 is 14.1 Å². The van der Waals surface area contributed by atoms with Gasteiger partial charge in [-0.1, -0.05) is 32.9 Å². The standard InChI is InChI=1S/C14H21N3O3.C2H6/c1-9(2)12(13(18)19-3)10-4-11(16-20-10)17-7-14(8-17)5-15-6-14;1-2/h4,9,12,15H,5-8H2,1-3H3;1-2H3. The molecule has 0 aromatic carbocycles. The van der Waals surface area contributed by atoms with Crippen molar-refractivity contribution in [3.05, 3.63) is 11.8 Å². The van der Waals surface area contributed by atoms with Gasteiger partial charge in [0.1, 0.15) is 5.92 Å². The Morgan fingerprint density at radius 3 is 2.50 bits per heavy atom. The predicted molar refractivity (Wildman–Crippen MR) is 85.0 cm³/mol. The normalized spacial score (nSPS) is 19.8. The summed E-state index contributed by atoms with van der Waals surface area (Å²) in [5.41, 5.74) is 0.443. The molecule has 1 aromatic rings. The third-order valence-electron chi connectivity index (χ3n) is 4.32. The highest BCUT2D eigenvalue weighted by atomic mass is 16.5. The van der Waals surface area contributed by atoms with Gasteiger partial charge in [0.25, 0.3) is 0 Å². The molecule has 1 spiro atoms. The van der Waals surface area contributed by atoms with Gasteiger partial charge in [0.05, 0.1) is 7.11 Å². The summed E-state index contributed by atoms with van der Waals surface area (Å²) in [6.07, 6.45) is 0. The maximum Gasteiger partial charge on any atom is 0.316 e. The summed E-state index contributed by atoms with van der Waals surface area (Å²) in [6.45, 7) is 12.1. The van der Waals surface area contributed by atoms with E-state index in [1.165, 1.54) is 7.11 Å². The zero-order chi connectivity index (χ0) is 16.3. The third kappa shape index (κ3) is 2.97. The van der Waals surface area contributed by atoms with Gasteiger partial charge in [-0.05, 0) is 5.92 Å². The minimum atomic E-state index is -0.387. The number of hydrogen-bond donors (Lipinski definition) is 1. The Balaban J connectivity index is 0.000000847. The van der Waals surface area contributed by atoms with Gasteiger partial charge < -0.3 is 19.5 Å². The fourth-order valence-corrected chi connectivity index (χ4v) is 3.05. The van der Waals surface area contributed by atoms with Gasteiger partial charge in [0.2, 0.25) is 0 Å². The fraction of sp³-hybridized carbons (Fsp3) is 0.750. The molecule has 2 aliphatic rings. The Morgan fingerprint density at radius 1 is 1.41 bits per heavy atom. The lowest BCUT2D eigenvalue weighted by atomic mass is 9.74. The molecule has 2 fully saturated rings. The van der Waals surface area contributed by atoms with Gasteiger partial charge in [0.15, 0.2) is 11.6 Å². The van der Waals surface area contributed by atoms with Crippen molar-refractivity contribution in [1.82, 2.24) is 10.5 Å². The summed E-state index contributed by atoms with van der Waals surface area (Å²) in [5.74, 6) is 0.872. The zero-order valence-corrected chi connectivity index (χ0v) is 14.2. The first-order valence-electron chi connectivity index (χ1n) is 8.05. The molecule has 0 radical (unpaired) electrons. The van der Waals surface area contributed by atoms with Gasteiger partial charge in [-0.2, -0.15) is 0 Å². The van der Waals surface area contributed by atoms with Crippen LogP contribution in [0.3, 0.4) is 0 Å². The van der Waals surface area contributed by atoms with Crippen LogP contribution in [-0.4, -0.2) is 44.4 Å². The lowest BCUT2D eigenvalue weighted by Crippen LogP contribution is -2.71. The van der Waals surface area contributed by atoms with Crippen LogP contribution in [0, 0.1) is 11.3 Å². The second-order valence-electron chi connectivity index (χ2n) is 6.29. The van der Waals surface area contributed by atoms with E-state index >= 15 is 0 Å². The van der Waals surface area contributed by atoms with Crippen LogP contribution < -0.4 is 10.2 Å². The molecule has 0 bridgehead atoms. The van der Waals surface area contributed by atoms with Crippen LogP contribution in [0.2, 0.25) is 0 Å². The molecule has 1 N–H and O–H groups in total. The molecule has 0 aliphatic carbocycles. The first-order chi connectivity index (χ1) is 10.5. The number of rotatable bonds is 4. The van der Waals surface area contributed by atoms with Gasteiger partial charge >= 0.3 is 5.97 Å². The van der Waals surface area contributed by atoms with Crippen LogP contribution in [0.1, 0.15) is 39.4 Å². The minimum absolute atomic E-state index is 0.113. The van der Waals surface area contributed by atoms with E-state index in [1.54, 1.807) is 0 Å². The van der Waals surface area contributed by atoms with Gasteiger partial charge in [-0.3, -0.25) is 4.79 Å². The van der Waals surface area contributed by atoms with Gasteiger partial charge in [-0.25, -0.2) is 0 Å². The highest BCUT2D eigenvalue weighted by Crippen LogP contribution is 2.38. The molecule has 3 rings (SSSR count). The van der Waals surface area contributed by atoms with Crippen molar-refractivity contribution in [3.8, 4) is 0 Å². The van der Waals surface area contributed by atoms with E-state index in [4.69, 9.17) is 9.26 Å². The van der Waals surface area contributed by atoms with Crippen LogP contribution >= 0.6 is 0 Å². The molecule has 0 saturated carbocycles. The van der Waals surface area contributed by atoms with E-state index in [0.717, 1.165) is 32.0 Å². The number of ether oxygens (including phenoxy) is 1. The molecule has 1 unspecified atom stereocenters. The highest BCUT2D eigenvalue weighted by molar-refractivity contribution is 5.77. The van der Waals surface area contributed by atoms with E-state index in [2.05, 4.69) is 15.4 Å². The molecule has 6 heteroatoms. The number of methoxy groups -OCH3 is 1. The molecule has 1 aromatic heterocycles. The maximum atomic E-state index is 11.8. The van der Waals surface area contributed by atoms with Crippen molar-refractivity contribution in [2.24, 2.45) is 11.3 Å². The van der Waals surface area contributed by atoms with Gasteiger partial charge in [-0.15, -0.1) is 0 Å². The fourth-order valence-electron chi connectivity index (χ4n) is 3.05. The summed E-state index contributed by atoms with van der Waals surface area (Å²) in [4.78, 5) is 14.0. The third-order valence-corrected chi connectivity index (χ3v) is 4.32. The molecular weight excluding hydrogens is 282 g/mol. The second kappa shape index (κ2) is 6.69. The lowest BCUT2D eigenvalue weighted by Gasteiger charge is -2.56. The summed E-state index contributed by atoms with van der Waals surface area (Å²) in [7, 11) is 1.40. The van der Waals surface area contributed by atoms with E-state index in [9.17, 15) is 4.79 Å². The molecular formula is C16H27N3O3. The molecule has 2 aliphatic heterocycles. The summed E-state index contributed by atoms with van der Waals surface area (Å²) in [6, 6.07) is 1.88. The molecule has 6 nitrogen and oxygen atoms in total. The average Bonchev–Trinajstić information content (AvgIpc) is 2.86. The van der Waals surface area contributed by atoms with E-state index in [0.29, 0.717) is 11.2 Å². The maximum absolute atomic E-state index is 11.8. The number of nitrogens with one attached hydrogen (secondary N) is 1. The van der Waals surface area contributed by atoms with Crippen molar-refractivity contribution >= 4 is 11.8 Å². The Morgan fingerprint density at radius 2 is 2.05 bits per heavy atom. The largest absolute Gasteiger partial charge is 0.468 e. The van der Waals surface area contributed by atoms with Crippen molar-refractivity contribution in [1.29, 1.82) is 0 Å². The monoisotopic (exact) mass is 309 g/mol. The Hall–Kier alpha value is -1.56. The number of hydrogen-bond acceptors (Lipinski definition) is 6. The van der Waals surface area contributed by atoms with E-state index < -0.39 is 0 Å². The summed E-state index contributed by atoms with van der Waals surface area (Å²) >= 11 is 0. The lowest BCUT2D eigenvalue weighted by molar-refractivity contribution is -0.144. The number of nitrogens with zero attached hydrogens (tertiary/aromatic N) is 2. The molecule has 0 amide bonds. The molecule has 1 atom stereocenters. The van der Waals surface area contributed by atoms with Gasteiger partial charge in [0, 0.05) is 37.7 Å². The highest BCUT2D eigenvalue weighted by Gasteiger charge is 2.48. The van der Waals surface area contributed by atoms with Crippen molar-refractivity contribution in [2.45, 2.75) is 33.6 Å². The first kappa shape index (κ1) is 16.8. The number of carbonyl (C=O) groups is 1. The number of carbonyl (C=O) groups excluding carboxylic acids is 1. The SMILES string of the molecule is CC.COC(=O)C(c1cc(N2CC3(CNC3)C2)no1)C(C)C. The van der Waals surface area contributed by atoms with Crippen LogP contribution in [-0.2, 0) is 9.53 Å². The predicted octanol–water partition coefficient (Wildman–Crippen LogP) is 2.02. The Bertz CT molecular complexity index is 500. The Kier molecular flexibility index (Phi) is 5.11. The summed E-state index contributed by atoms with van der Waals surface area (Å²) < 4.78 is 10.2. The Labute approximate surface area is 132 Å². The van der Waals surface area contributed by atoms with Crippen LogP contribution in [0.4, 0.5) is 5.82 Å². The zero-order valence-electron chi connectivity index (χ0n) is 14.2. The molecule has 124 valence electrons. The van der Waals surface area contributed by atoms with E-state index in [1.807, 2.05) is 33.8 Å². The molecule has 3 heterocycles. The quantitative estimate of drug-likeness (QED) is 0.858. The molecule has 2 saturated heterocycles. The van der Waals surface area contributed by atoms with Crippen LogP contribution in [0.25, 0.3) is 0 Å². The van der Waals surface area contributed by atoms with Crippen molar-refractivity contribution in [3.63, 3.8) is 0 Å². The average molecular weight is 309 g/mol. The number of aromatic nitrogens is 1. The topological polar surface area (TPSA) is 67.6 Å². The smallest absolute Gasteiger partial charge is 0.316 e. The number of esters is 1. The second-order valence-corrected chi connectivity index (χ2v) is 6.29. The van der Waals surface area contributed by atoms with Crippen LogP contribution in [0.15, 0.2) is 10.6 Å². The minimum Gasteiger partial charge on any atom is -0.468 e.